The van der Waals surface area contributed by atoms with Crippen molar-refractivity contribution in [2.24, 2.45) is 0 Å². The highest BCUT2D eigenvalue weighted by atomic mass is 35.5. The third-order valence-electron chi connectivity index (χ3n) is 5.52. The van der Waals surface area contributed by atoms with Crippen LogP contribution in [0.1, 0.15) is 25.1 Å². The molecule has 2 N–H and O–H groups in total. The highest BCUT2D eigenvalue weighted by Gasteiger charge is 2.25. The van der Waals surface area contributed by atoms with Gasteiger partial charge in [-0.25, -0.2) is 4.98 Å². The van der Waals surface area contributed by atoms with Crippen LogP contribution < -0.4 is 0 Å². The van der Waals surface area contributed by atoms with Gasteiger partial charge in [-0.2, -0.15) is 0 Å². The number of thioether (sulfide) groups is 1. The van der Waals surface area contributed by atoms with Crippen LogP contribution in [0.5, 0.6) is 0 Å². The lowest BCUT2D eigenvalue weighted by Crippen LogP contribution is -2.15. The molecular weight excluding hydrogens is 511 g/mol. The predicted molar refractivity (Wildman–Crippen MR) is 142 cm³/mol. The van der Waals surface area contributed by atoms with E-state index in [0.29, 0.717) is 37.8 Å². The summed E-state index contributed by atoms with van der Waals surface area (Å²) in [5.41, 5.74) is 3.34. The standard InChI is InChI=1S/C26H23Cl3N2O2S/c1-26(2,33)23-13-31(25(30-23)24-18(27)5-4-6-19(24)28)21-10-9-15(11-20(21)29)16-7-8-17(14-32)22(12-16)34-3/h4-13,32-33H,14H2,1-3H3. The number of halogens is 3. The normalized spacial score (nSPS) is 11.8. The second kappa shape index (κ2) is 9.94. The van der Waals surface area contributed by atoms with Gasteiger partial charge in [0.2, 0.25) is 0 Å². The van der Waals surface area contributed by atoms with E-state index in [1.165, 1.54) is 0 Å². The minimum absolute atomic E-state index is 0.00625. The Balaban J connectivity index is 1.86. The molecule has 4 nitrogen and oxygen atoms in total. The van der Waals surface area contributed by atoms with Gasteiger partial charge in [-0.15, -0.1) is 11.8 Å². The van der Waals surface area contributed by atoms with Crippen molar-refractivity contribution in [1.29, 1.82) is 0 Å². The number of aliphatic hydroxyl groups is 2. The van der Waals surface area contributed by atoms with E-state index in [1.807, 2.05) is 42.7 Å². The molecular formula is C26H23Cl3N2O2S. The van der Waals surface area contributed by atoms with Crippen LogP contribution in [0.3, 0.4) is 0 Å². The summed E-state index contributed by atoms with van der Waals surface area (Å²) in [4.78, 5) is 5.69. The fourth-order valence-electron chi connectivity index (χ4n) is 3.68. The zero-order chi connectivity index (χ0) is 24.6. The zero-order valence-electron chi connectivity index (χ0n) is 18.8. The van der Waals surface area contributed by atoms with E-state index in [-0.39, 0.29) is 6.61 Å². The van der Waals surface area contributed by atoms with Crippen LogP contribution in [0.4, 0.5) is 0 Å². The molecule has 0 saturated heterocycles. The Labute approximate surface area is 218 Å². The van der Waals surface area contributed by atoms with Crippen LogP contribution in [-0.2, 0) is 12.2 Å². The summed E-state index contributed by atoms with van der Waals surface area (Å²) in [6.07, 6.45) is 3.73. The summed E-state index contributed by atoms with van der Waals surface area (Å²) >= 11 is 21.4. The van der Waals surface area contributed by atoms with Crippen molar-refractivity contribution in [1.82, 2.24) is 9.55 Å². The maximum atomic E-state index is 10.6. The molecule has 0 saturated carbocycles. The van der Waals surface area contributed by atoms with E-state index in [2.05, 4.69) is 4.98 Å². The average Bonchev–Trinajstić information content (AvgIpc) is 3.23. The molecule has 1 heterocycles. The lowest BCUT2D eigenvalue weighted by Gasteiger charge is -2.14. The molecule has 1 aromatic heterocycles. The summed E-state index contributed by atoms with van der Waals surface area (Å²) in [5.74, 6) is 0.486. The van der Waals surface area contributed by atoms with Gasteiger partial charge in [0, 0.05) is 11.1 Å². The van der Waals surface area contributed by atoms with Gasteiger partial charge in [0.05, 0.1) is 38.6 Å². The first-order chi connectivity index (χ1) is 16.1. The molecule has 4 rings (SSSR count). The Morgan fingerprint density at radius 2 is 1.59 bits per heavy atom. The van der Waals surface area contributed by atoms with E-state index < -0.39 is 5.60 Å². The molecule has 8 heteroatoms. The number of nitrogens with zero attached hydrogens (tertiary/aromatic N) is 2. The maximum Gasteiger partial charge on any atom is 0.148 e. The molecule has 0 amide bonds. The molecule has 34 heavy (non-hydrogen) atoms. The van der Waals surface area contributed by atoms with Gasteiger partial charge in [0.15, 0.2) is 0 Å². The summed E-state index contributed by atoms with van der Waals surface area (Å²) in [7, 11) is 0. The zero-order valence-corrected chi connectivity index (χ0v) is 21.9. The van der Waals surface area contributed by atoms with E-state index in [9.17, 15) is 10.2 Å². The van der Waals surface area contributed by atoms with Crippen molar-refractivity contribution in [3.8, 4) is 28.2 Å². The molecule has 0 atom stereocenters. The minimum atomic E-state index is -1.18. The lowest BCUT2D eigenvalue weighted by atomic mass is 10.0. The third kappa shape index (κ3) is 4.87. The number of benzene rings is 3. The molecule has 3 aromatic carbocycles. The summed E-state index contributed by atoms with van der Waals surface area (Å²) in [6.45, 7) is 3.33. The quantitative estimate of drug-likeness (QED) is 0.250. The topological polar surface area (TPSA) is 58.3 Å². The van der Waals surface area contributed by atoms with Gasteiger partial charge in [-0.05, 0) is 67.1 Å². The summed E-state index contributed by atoms with van der Waals surface area (Å²) < 4.78 is 1.80. The number of aromatic nitrogens is 2. The summed E-state index contributed by atoms with van der Waals surface area (Å²) in [6, 6.07) is 17.0. The monoisotopic (exact) mass is 532 g/mol. The predicted octanol–water partition coefficient (Wildman–Crippen LogP) is 7.61. The number of aliphatic hydroxyl groups excluding tert-OH is 1. The first kappa shape index (κ1) is 25.1. The molecule has 0 aliphatic heterocycles. The number of hydrogen-bond acceptors (Lipinski definition) is 4. The number of rotatable bonds is 6. The third-order valence-corrected chi connectivity index (χ3v) is 7.27. The SMILES string of the molecule is CSc1cc(-c2ccc(-n3cc(C(C)(C)O)nc3-c3c(Cl)cccc3Cl)c(Cl)c2)ccc1CO. The highest BCUT2D eigenvalue weighted by Crippen LogP contribution is 2.39. The number of hydrogen-bond donors (Lipinski definition) is 2. The van der Waals surface area contributed by atoms with Crippen molar-refractivity contribution in [2.45, 2.75) is 31.0 Å². The lowest BCUT2D eigenvalue weighted by molar-refractivity contribution is 0.0743. The molecule has 0 fully saturated rings. The second-order valence-corrected chi connectivity index (χ2v) is 10.4. The van der Waals surface area contributed by atoms with E-state index >= 15 is 0 Å². The van der Waals surface area contributed by atoms with Crippen molar-refractivity contribution < 1.29 is 10.2 Å². The van der Waals surface area contributed by atoms with E-state index in [1.54, 1.807) is 54.6 Å². The Kier molecular flexibility index (Phi) is 7.34. The van der Waals surface area contributed by atoms with Gasteiger partial charge in [-0.3, -0.25) is 4.57 Å². The molecule has 0 aliphatic carbocycles. The molecule has 0 aliphatic rings. The Morgan fingerprint density at radius 1 is 0.941 bits per heavy atom. The van der Waals surface area contributed by atoms with Gasteiger partial charge in [0.25, 0.3) is 0 Å². The van der Waals surface area contributed by atoms with Gasteiger partial charge < -0.3 is 10.2 Å². The summed E-state index contributed by atoms with van der Waals surface area (Å²) in [5, 5.41) is 21.6. The molecule has 0 spiro atoms. The van der Waals surface area contributed by atoms with Crippen molar-refractivity contribution in [3.63, 3.8) is 0 Å². The minimum Gasteiger partial charge on any atom is -0.392 e. The van der Waals surface area contributed by atoms with Gasteiger partial charge >= 0.3 is 0 Å². The van der Waals surface area contributed by atoms with Crippen LogP contribution in [0, 0.1) is 0 Å². The van der Waals surface area contributed by atoms with Crippen LogP contribution in [0.25, 0.3) is 28.2 Å². The highest BCUT2D eigenvalue weighted by molar-refractivity contribution is 7.98. The van der Waals surface area contributed by atoms with Crippen molar-refractivity contribution in [3.05, 3.63) is 87.1 Å². The fourth-order valence-corrected chi connectivity index (χ4v) is 5.16. The Morgan fingerprint density at radius 3 is 2.18 bits per heavy atom. The van der Waals surface area contributed by atoms with Crippen LogP contribution in [0.15, 0.2) is 65.7 Å². The molecule has 4 aromatic rings. The van der Waals surface area contributed by atoms with Crippen LogP contribution in [0.2, 0.25) is 15.1 Å². The van der Waals surface area contributed by atoms with Gasteiger partial charge in [0.1, 0.15) is 11.4 Å². The van der Waals surface area contributed by atoms with Gasteiger partial charge in [-0.1, -0.05) is 59.1 Å². The van der Waals surface area contributed by atoms with Crippen molar-refractivity contribution in [2.75, 3.05) is 6.26 Å². The second-order valence-electron chi connectivity index (χ2n) is 8.33. The van der Waals surface area contributed by atoms with E-state index in [0.717, 1.165) is 21.6 Å². The van der Waals surface area contributed by atoms with Crippen LogP contribution >= 0.6 is 46.6 Å². The molecule has 0 unspecified atom stereocenters. The fraction of sp³-hybridized carbons (Fsp3) is 0.192. The maximum absolute atomic E-state index is 10.6. The van der Waals surface area contributed by atoms with E-state index in [4.69, 9.17) is 34.8 Å². The average molecular weight is 534 g/mol. The van der Waals surface area contributed by atoms with Crippen molar-refractivity contribution >= 4 is 46.6 Å². The molecule has 176 valence electrons. The molecule has 0 bridgehead atoms. The number of imidazole rings is 1. The molecule has 0 radical (unpaired) electrons. The Bertz CT molecular complexity index is 1340. The largest absolute Gasteiger partial charge is 0.392 e. The smallest absolute Gasteiger partial charge is 0.148 e. The van der Waals surface area contributed by atoms with Crippen LogP contribution in [-0.4, -0.2) is 26.0 Å². The first-order valence-corrected chi connectivity index (χ1v) is 12.8. The first-order valence-electron chi connectivity index (χ1n) is 10.5. The Hall–Kier alpha value is -1.99.